The first-order valence-electron chi connectivity index (χ1n) is 13.2. The third kappa shape index (κ3) is 5.51. The first-order chi connectivity index (χ1) is 16.9. The van der Waals surface area contributed by atoms with Crippen LogP contribution in [-0.4, -0.2) is 64.7 Å². The van der Waals surface area contributed by atoms with Gasteiger partial charge < -0.3 is 28.2 Å². The maximum absolute atomic E-state index is 12.7. The van der Waals surface area contributed by atoms with Gasteiger partial charge in [0.2, 0.25) is 0 Å². The van der Waals surface area contributed by atoms with Crippen LogP contribution in [0, 0.1) is 0 Å². The highest BCUT2D eigenvalue weighted by atomic mass is 28.5. The zero-order valence-electron chi connectivity index (χ0n) is 23.0. The minimum atomic E-state index is -2.90. The van der Waals surface area contributed by atoms with Crippen molar-refractivity contribution in [2.24, 2.45) is 5.73 Å². The molecule has 36 heavy (non-hydrogen) atoms. The fourth-order valence-corrected chi connectivity index (χ4v) is 16.7. The fourth-order valence-electron chi connectivity index (χ4n) is 5.45. The molecule has 0 radical (unpaired) electrons. The second-order valence-corrected chi connectivity index (χ2v) is 20.0. The molecule has 10 nitrogen and oxygen atoms in total. The van der Waals surface area contributed by atoms with E-state index in [2.05, 4.69) is 60.4 Å². The molecule has 2 saturated heterocycles. The minimum absolute atomic E-state index is 0.142. The van der Waals surface area contributed by atoms with Gasteiger partial charge in [-0.3, -0.25) is 14.3 Å². The maximum Gasteiger partial charge on any atom is 0.335 e. The summed E-state index contributed by atoms with van der Waals surface area (Å²) in [6.07, 6.45) is -0.262. The highest BCUT2D eigenvalue weighted by Gasteiger charge is 2.62. The van der Waals surface area contributed by atoms with Crippen LogP contribution in [0.5, 0.6) is 0 Å². The van der Waals surface area contributed by atoms with E-state index in [4.69, 9.17) is 28.2 Å². The summed E-state index contributed by atoms with van der Waals surface area (Å²) in [7, 11) is -5.63. The van der Waals surface area contributed by atoms with Gasteiger partial charge in [0, 0.05) is 18.9 Å². The summed E-state index contributed by atoms with van der Waals surface area (Å²) < 4.78 is 35.4. The molecule has 4 atom stereocenters. The Labute approximate surface area is 216 Å². The smallest absolute Gasteiger partial charge is 0.335 e. The van der Waals surface area contributed by atoms with E-state index in [1.165, 1.54) is 16.8 Å². The number of H-pyrrole nitrogens is 1. The number of ether oxygens (including phenoxy) is 2. The van der Waals surface area contributed by atoms with E-state index in [1.54, 1.807) is 0 Å². The second kappa shape index (κ2) is 11.7. The summed E-state index contributed by atoms with van der Waals surface area (Å²) in [5, 5.41) is 0. The van der Waals surface area contributed by atoms with Gasteiger partial charge in [0.1, 0.15) is 18.3 Å². The number of aromatic amines is 1. The van der Waals surface area contributed by atoms with Gasteiger partial charge in [-0.25, -0.2) is 4.79 Å². The van der Waals surface area contributed by atoms with Gasteiger partial charge in [0.25, 0.3) is 5.56 Å². The third-order valence-corrected chi connectivity index (χ3v) is 17.6. The topological polar surface area (TPSA) is 127 Å². The SMILES string of the molecule is CC(C)[Si]1(C(C)C)OC[C@H]2O[C@@H](n3ccc(=O)[nH]c3=O)[C@H](OCCCN)[C@@H]2O[Si](C(C)C)(C(C)C)O1. The molecule has 2 aliphatic heterocycles. The third-order valence-electron chi connectivity index (χ3n) is 7.40. The molecule has 3 N–H and O–H groups in total. The number of nitrogens with zero attached hydrogens (tertiary/aromatic N) is 1. The molecular formula is C24H45N3O7Si2. The first-order valence-corrected chi connectivity index (χ1v) is 17.1. The lowest BCUT2D eigenvalue weighted by molar-refractivity contribution is -0.0733. The summed E-state index contributed by atoms with van der Waals surface area (Å²) >= 11 is 0. The Morgan fingerprint density at radius 3 is 2.19 bits per heavy atom. The van der Waals surface area contributed by atoms with Crippen LogP contribution in [0.3, 0.4) is 0 Å². The molecule has 0 aliphatic carbocycles. The first kappa shape index (κ1) is 29.4. The molecule has 0 bridgehead atoms. The molecule has 0 spiro atoms. The van der Waals surface area contributed by atoms with Crippen molar-refractivity contribution in [3.8, 4) is 0 Å². The number of hydrogen-bond acceptors (Lipinski definition) is 8. The van der Waals surface area contributed by atoms with Gasteiger partial charge in [0.05, 0.1) is 6.61 Å². The number of nitrogens with two attached hydrogens (primary N) is 1. The van der Waals surface area contributed by atoms with Gasteiger partial charge in [-0.1, -0.05) is 55.4 Å². The van der Waals surface area contributed by atoms with Crippen LogP contribution in [0.25, 0.3) is 0 Å². The van der Waals surface area contributed by atoms with E-state index in [9.17, 15) is 9.59 Å². The Balaban J connectivity index is 2.12. The minimum Gasteiger partial charge on any atom is -0.414 e. The predicted octanol–water partition coefficient (Wildman–Crippen LogP) is 3.12. The van der Waals surface area contributed by atoms with Gasteiger partial charge in [-0.05, 0) is 35.1 Å². The van der Waals surface area contributed by atoms with Crippen molar-refractivity contribution in [1.29, 1.82) is 0 Å². The van der Waals surface area contributed by atoms with Crippen molar-refractivity contribution in [2.45, 2.75) is 109 Å². The standard InChI is InChI=1S/C24H45N3O7Si2/c1-15(2)35(16(3)4)31-14-19-21(33-36(34-35,17(5)6)18(7)8)22(30-13-9-11-25)23(32-19)27-12-10-20(28)26-24(27)29/h10,12,15-19,21-23H,9,11,13-14,25H2,1-8H3,(H,26,28,29)/t19-,21-,22-,23-/m1/s1. The quantitative estimate of drug-likeness (QED) is 0.359. The summed E-state index contributed by atoms with van der Waals surface area (Å²) in [5.41, 5.74) is 5.39. The molecule has 2 aliphatic rings. The summed E-state index contributed by atoms with van der Waals surface area (Å²) in [4.78, 5) is 26.8. The average molecular weight is 544 g/mol. The van der Waals surface area contributed by atoms with Crippen molar-refractivity contribution in [3.63, 3.8) is 0 Å². The van der Waals surface area contributed by atoms with E-state index in [1.807, 2.05) is 0 Å². The number of rotatable bonds is 9. The second-order valence-electron chi connectivity index (χ2n) is 11.1. The van der Waals surface area contributed by atoms with E-state index < -0.39 is 52.9 Å². The van der Waals surface area contributed by atoms with Crippen LogP contribution in [0.1, 0.15) is 68.0 Å². The molecule has 0 aromatic carbocycles. The Morgan fingerprint density at radius 1 is 1.06 bits per heavy atom. The van der Waals surface area contributed by atoms with Crippen LogP contribution in [0.2, 0.25) is 22.2 Å². The van der Waals surface area contributed by atoms with Gasteiger partial charge >= 0.3 is 22.8 Å². The number of fused-ring (bicyclic) bond motifs is 1. The molecular weight excluding hydrogens is 498 g/mol. The van der Waals surface area contributed by atoms with Crippen LogP contribution in [0.4, 0.5) is 0 Å². The zero-order valence-corrected chi connectivity index (χ0v) is 25.0. The molecule has 0 unspecified atom stereocenters. The molecule has 3 rings (SSSR count). The molecule has 0 saturated carbocycles. The fraction of sp³-hybridized carbons (Fsp3) is 0.833. The van der Waals surface area contributed by atoms with Crippen molar-refractivity contribution in [1.82, 2.24) is 9.55 Å². The number of hydrogen-bond donors (Lipinski definition) is 2. The molecule has 3 heterocycles. The Morgan fingerprint density at radius 2 is 1.67 bits per heavy atom. The number of nitrogens with one attached hydrogen (secondary N) is 1. The van der Waals surface area contributed by atoms with Crippen molar-refractivity contribution >= 4 is 17.1 Å². The predicted molar refractivity (Wildman–Crippen MR) is 142 cm³/mol. The monoisotopic (exact) mass is 543 g/mol. The normalized spacial score (nSPS) is 28.0. The van der Waals surface area contributed by atoms with Gasteiger partial charge in [-0.15, -0.1) is 0 Å². The van der Waals surface area contributed by atoms with E-state index in [0.29, 0.717) is 19.6 Å². The zero-order chi connectivity index (χ0) is 26.8. The summed E-state index contributed by atoms with van der Waals surface area (Å²) in [6.45, 7) is 18.5. The maximum atomic E-state index is 12.7. The molecule has 12 heteroatoms. The average Bonchev–Trinajstić information content (AvgIpc) is 3.09. The van der Waals surface area contributed by atoms with Crippen molar-refractivity contribution in [2.75, 3.05) is 19.8 Å². The van der Waals surface area contributed by atoms with Crippen LogP contribution in [0.15, 0.2) is 21.9 Å². The molecule has 1 aromatic heterocycles. The summed E-state index contributed by atoms with van der Waals surface area (Å²) in [6, 6.07) is 1.30. The lowest BCUT2D eigenvalue weighted by Crippen LogP contribution is -2.66. The van der Waals surface area contributed by atoms with E-state index in [0.717, 1.165) is 0 Å². The molecule has 0 amide bonds. The lowest BCUT2D eigenvalue weighted by atomic mass is 10.1. The Bertz CT molecular complexity index is 965. The van der Waals surface area contributed by atoms with Crippen LogP contribution < -0.4 is 17.0 Å². The van der Waals surface area contributed by atoms with Crippen molar-refractivity contribution in [3.05, 3.63) is 33.1 Å². The van der Waals surface area contributed by atoms with E-state index in [-0.39, 0.29) is 28.8 Å². The Hall–Kier alpha value is -1.13. The highest BCUT2D eigenvalue weighted by molar-refractivity contribution is 6.83. The Kier molecular flexibility index (Phi) is 9.59. The highest BCUT2D eigenvalue weighted by Crippen LogP contribution is 2.48. The molecule has 206 valence electrons. The summed E-state index contributed by atoms with van der Waals surface area (Å²) in [5.74, 6) is 0. The van der Waals surface area contributed by atoms with Gasteiger partial charge in [0.15, 0.2) is 6.23 Å². The number of aromatic nitrogens is 2. The molecule has 1 aromatic rings. The van der Waals surface area contributed by atoms with Crippen LogP contribution in [-0.2, 0) is 22.4 Å². The van der Waals surface area contributed by atoms with Crippen LogP contribution >= 0.6 is 0 Å². The van der Waals surface area contributed by atoms with E-state index >= 15 is 0 Å². The largest absolute Gasteiger partial charge is 0.414 e. The molecule has 2 fully saturated rings. The van der Waals surface area contributed by atoms with Crippen molar-refractivity contribution < 1.29 is 22.4 Å². The lowest BCUT2D eigenvalue weighted by Gasteiger charge is -2.51. The van der Waals surface area contributed by atoms with Gasteiger partial charge in [-0.2, -0.15) is 0 Å².